The molecule has 0 aliphatic carbocycles. The highest BCUT2D eigenvalue weighted by Crippen LogP contribution is 2.25. The van der Waals surface area contributed by atoms with E-state index in [0.29, 0.717) is 50.4 Å². The molecule has 1 N–H and O–H groups in total. The van der Waals surface area contributed by atoms with Crippen molar-refractivity contribution >= 4 is 23.2 Å². The third-order valence-corrected chi connectivity index (χ3v) is 6.07. The fraction of sp³-hybridized carbons (Fsp3) is 0.292. The van der Waals surface area contributed by atoms with E-state index in [9.17, 15) is 9.59 Å². The van der Waals surface area contributed by atoms with Gasteiger partial charge in [0.1, 0.15) is 12.4 Å². The highest BCUT2D eigenvalue weighted by Gasteiger charge is 2.28. The number of piperidine rings is 1. The van der Waals surface area contributed by atoms with E-state index in [4.69, 9.17) is 4.74 Å². The minimum absolute atomic E-state index is 0.0583. The van der Waals surface area contributed by atoms with Crippen LogP contribution in [0.25, 0.3) is 0 Å². The minimum Gasteiger partial charge on any atom is -0.486 e. The lowest BCUT2D eigenvalue weighted by molar-refractivity contribution is -0.126. The molecule has 2 aromatic carbocycles. The van der Waals surface area contributed by atoms with Gasteiger partial charge < -0.3 is 15.0 Å². The number of ether oxygens (including phenoxy) is 1. The Morgan fingerprint density at radius 1 is 1.06 bits per heavy atom. The Morgan fingerprint density at radius 2 is 1.81 bits per heavy atom. The maximum absolute atomic E-state index is 13.1. The zero-order valence-corrected chi connectivity index (χ0v) is 18.0. The second-order valence-corrected chi connectivity index (χ2v) is 8.25. The molecule has 6 nitrogen and oxygen atoms in total. The fourth-order valence-corrected chi connectivity index (χ4v) is 4.22. The summed E-state index contributed by atoms with van der Waals surface area (Å²) in [5.74, 6) is 0.493. The maximum Gasteiger partial charge on any atom is 0.257 e. The Labute approximate surface area is 185 Å². The van der Waals surface area contributed by atoms with Gasteiger partial charge in [-0.25, -0.2) is 4.98 Å². The molecule has 0 radical (unpaired) electrons. The lowest BCUT2D eigenvalue weighted by Crippen LogP contribution is -2.43. The van der Waals surface area contributed by atoms with E-state index in [0.717, 1.165) is 11.3 Å². The van der Waals surface area contributed by atoms with Crippen LogP contribution in [0.1, 0.15) is 34.5 Å². The number of aromatic nitrogens is 1. The van der Waals surface area contributed by atoms with Crippen LogP contribution in [0.2, 0.25) is 0 Å². The van der Waals surface area contributed by atoms with Crippen LogP contribution in [0, 0.1) is 5.92 Å². The van der Waals surface area contributed by atoms with Crippen LogP contribution < -0.4 is 10.1 Å². The van der Waals surface area contributed by atoms with Gasteiger partial charge in [0.25, 0.3) is 5.91 Å². The summed E-state index contributed by atoms with van der Waals surface area (Å²) in [7, 11) is 0. The number of rotatable bonds is 7. The van der Waals surface area contributed by atoms with E-state index < -0.39 is 0 Å². The molecule has 160 valence electrons. The van der Waals surface area contributed by atoms with E-state index in [1.807, 2.05) is 58.8 Å². The Balaban J connectivity index is 1.30. The first-order chi connectivity index (χ1) is 15.2. The summed E-state index contributed by atoms with van der Waals surface area (Å²) in [5.41, 5.74) is 4.23. The number of carbonyl (C=O) groups is 2. The molecule has 1 saturated heterocycles. The first kappa shape index (κ1) is 21.1. The smallest absolute Gasteiger partial charge is 0.257 e. The molecule has 0 bridgehead atoms. The van der Waals surface area contributed by atoms with Crippen molar-refractivity contribution < 1.29 is 14.3 Å². The Kier molecular flexibility index (Phi) is 6.94. The van der Waals surface area contributed by atoms with Gasteiger partial charge >= 0.3 is 0 Å². The van der Waals surface area contributed by atoms with Gasteiger partial charge in [0.2, 0.25) is 5.91 Å². The van der Waals surface area contributed by atoms with Crippen molar-refractivity contribution in [1.82, 2.24) is 15.2 Å². The predicted molar refractivity (Wildman–Crippen MR) is 120 cm³/mol. The summed E-state index contributed by atoms with van der Waals surface area (Å²) < 4.78 is 5.86. The first-order valence-electron chi connectivity index (χ1n) is 10.4. The zero-order valence-electron chi connectivity index (χ0n) is 17.2. The molecule has 1 aromatic heterocycles. The lowest BCUT2D eigenvalue weighted by atomic mass is 9.95. The molecule has 1 aliphatic heterocycles. The van der Waals surface area contributed by atoms with Crippen molar-refractivity contribution in [2.24, 2.45) is 5.92 Å². The monoisotopic (exact) mass is 435 g/mol. The van der Waals surface area contributed by atoms with Gasteiger partial charge in [-0.05, 0) is 30.5 Å². The third kappa shape index (κ3) is 5.49. The van der Waals surface area contributed by atoms with Gasteiger partial charge in [0.15, 0.2) is 0 Å². The Hall–Kier alpha value is -3.19. The molecular weight excluding hydrogens is 410 g/mol. The quantitative estimate of drug-likeness (QED) is 0.611. The average molecular weight is 436 g/mol. The number of amides is 2. The number of likely N-dealkylation sites (tertiary alicyclic amines) is 1. The minimum atomic E-state index is -0.0658. The van der Waals surface area contributed by atoms with E-state index in [-0.39, 0.29) is 17.7 Å². The highest BCUT2D eigenvalue weighted by molar-refractivity contribution is 7.07. The van der Waals surface area contributed by atoms with E-state index >= 15 is 0 Å². The topological polar surface area (TPSA) is 71.5 Å². The Bertz CT molecular complexity index is 1000. The number of nitrogens with one attached hydrogen (secondary N) is 1. The van der Waals surface area contributed by atoms with E-state index in [1.54, 1.807) is 11.6 Å². The molecule has 0 atom stereocenters. The molecule has 1 fully saturated rings. The summed E-state index contributed by atoms with van der Waals surface area (Å²) >= 11 is 1.51. The fourth-order valence-electron chi connectivity index (χ4n) is 3.67. The number of benzene rings is 2. The molecule has 7 heteroatoms. The highest BCUT2D eigenvalue weighted by atomic mass is 32.1. The number of carbonyl (C=O) groups excluding carboxylic acids is 2. The molecule has 2 heterocycles. The third-order valence-electron chi connectivity index (χ3n) is 5.44. The first-order valence-corrected chi connectivity index (χ1v) is 11.3. The molecule has 0 spiro atoms. The van der Waals surface area contributed by atoms with Gasteiger partial charge in [-0.15, -0.1) is 11.3 Å². The molecule has 1 aliphatic rings. The van der Waals surface area contributed by atoms with Crippen molar-refractivity contribution in [3.05, 3.63) is 82.3 Å². The van der Waals surface area contributed by atoms with Crippen molar-refractivity contribution in [2.45, 2.75) is 26.0 Å². The van der Waals surface area contributed by atoms with E-state index in [1.165, 1.54) is 11.3 Å². The van der Waals surface area contributed by atoms with Crippen LogP contribution in [0.4, 0.5) is 0 Å². The van der Waals surface area contributed by atoms with Gasteiger partial charge in [0, 0.05) is 30.9 Å². The zero-order chi connectivity index (χ0) is 21.5. The summed E-state index contributed by atoms with van der Waals surface area (Å²) in [4.78, 5) is 31.7. The van der Waals surface area contributed by atoms with Crippen molar-refractivity contribution in [3.8, 4) is 5.75 Å². The second-order valence-electron chi connectivity index (χ2n) is 7.53. The number of para-hydroxylation sites is 1. The Morgan fingerprint density at radius 3 is 2.55 bits per heavy atom. The molecule has 0 unspecified atom stereocenters. The van der Waals surface area contributed by atoms with Gasteiger partial charge in [0.05, 0.1) is 16.8 Å². The van der Waals surface area contributed by atoms with Crippen LogP contribution in [0.15, 0.2) is 65.5 Å². The normalized spacial score (nSPS) is 14.3. The molecule has 31 heavy (non-hydrogen) atoms. The molecule has 0 saturated carbocycles. The van der Waals surface area contributed by atoms with Crippen LogP contribution in [0.3, 0.4) is 0 Å². The second kappa shape index (κ2) is 10.2. The SMILES string of the molecule is O=C(NCc1ccccc1)C1CCN(C(=O)c2ccccc2OCc2cscn2)CC1. The number of hydrogen-bond acceptors (Lipinski definition) is 5. The molecule has 3 aromatic rings. The largest absolute Gasteiger partial charge is 0.486 e. The maximum atomic E-state index is 13.1. The van der Waals surface area contributed by atoms with Crippen LogP contribution in [-0.4, -0.2) is 34.8 Å². The van der Waals surface area contributed by atoms with Crippen molar-refractivity contribution in [2.75, 3.05) is 13.1 Å². The summed E-state index contributed by atoms with van der Waals surface area (Å²) in [6.45, 7) is 1.98. The standard InChI is InChI=1S/C24H25N3O3S/c28-23(25-14-18-6-2-1-3-7-18)19-10-12-27(13-11-19)24(29)21-8-4-5-9-22(21)30-15-20-16-31-17-26-20/h1-9,16-17,19H,10-15H2,(H,25,28). The molecule has 2 amide bonds. The lowest BCUT2D eigenvalue weighted by Gasteiger charge is -2.31. The number of nitrogens with zero attached hydrogens (tertiary/aromatic N) is 2. The van der Waals surface area contributed by atoms with E-state index in [2.05, 4.69) is 10.3 Å². The average Bonchev–Trinajstić information content (AvgIpc) is 3.35. The summed E-state index contributed by atoms with van der Waals surface area (Å²) in [6.07, 6.45) is 1.32. The van der Waals surface area contributed by atoms with Crippen LogP contribution in [0.5, 0.6) is 5.75 Å². The van der Waals surface area contributed by atoms with Gasteiger partial charge in [-0.2, -0.15) is 0 Å². The van der Waals surface area contributed by atoms with Crippen molar-refractivity contribution in [1.29, 1.82) is 0 Å². The summed E-state index contributed by atoms with van der Waals surface area (Å²) in [5, 5.41) is 4.94. The van der Waals surface area contributed by atoms with Crippen LogP contribution in [-0.2, 0) is 17.9 Å². The molecule has 4 rings (SSSR count). The number of hydrogen-bond donors (Lipinski definition) is 1. The van der Waals surface area contributed by atoms with Gasteiger partial charge in [-0.3, -0.25) is 9.59 Å². The van der Waals surface area contributed by atoms with Gasteiger partial charge in [-0.1, -0.05) is 42.5 Å². The predicted octanol–water partition coefficient (Wildman–Crippen LogP) is 3.89. The molecular formula is C24H25N3O3S. The summed E-state index contributed by atoms with van der Waals surface area (Å²) in [6, 6.07) is 17.2. The van der Waals surface area contributed by atoms with Crippen LogP contribution >= 0.6 is 11.3 Å². The number of thiazole rings is 1. The van der Waals surface area contributed by atoms with Crippen molar-refractivity contribution in [3.63, 3.8) is 0 Å².